The first-order chi connectivity index (χ1) is 11.2. The molecule has 4 nitrogen and oxygen atoms in total. The van der Waals surface area contributed by atoms with Gasteiger partial charge >= 0.3 is 5.97 Å². The van der Waals surface area contributed by atoms with Gasteiger partial charge in [0.25, 0.3) is 0 Å². The van der Waals surface area contributed by atoms with Gasteiger partial charge in [-0.1, -0.05) is 31.2 Å². The molecule has 0 saturated carbocycles. The van der Waals surface area contributed by atoms with Crippen LogP contribution in [-0.2, 0) is 17.8 Å². The van der Waals surface area contributed by atoms with Crippen molar-refractivity contribution in [3.63, 3.8) is 0 Å². The zero-order valence-electron chi connectivity index (χ0n) is 13.4. The Labute approximate surface area is 140 Å². The highest BCUT2D eigenvalue weighted by Crippen LogP contribution is 2.26. The van der Waals surface area contributed by atoms with Crippen molar-refractivity contribution in [2.45, 2.75) is 32.7 Å². The second-order valence-electron chi connectivity index (χ2n) is 6.08. The summed E-state index contributed by atoms with van der Waals surface area (Å²) >= 11 is 1.68. The summed E-state index contributed by atoms with van der Waals surface area (Å²) in [5, 5.41) is 12.2. The third-order valence-corrected chi connectivity index (χ3v) is 5.42. The standard InChI is InChI=1S/C18H22N2O2S/c1-2-13-3-5-14(6-4-13)17-19-16(12-23-17)11-20-9-7-15(8-10-20)18(21)22/h3-6,12,15H,2,7-11H2,1H3,(H,21,22). The Bertz CT molecular complexity index is 658. The zero-order chi connectivity index (χ0) is 16.2. The van der Waals surface area contributed by atoms with Crippen molar-refractivity contribution in [1.29, 1.82) is 0 Å². The quantitative estimate of drug-likeness (QED) is 0.909. The summed E-state index contributed by atoms with van der Waals surface area (Å²) in [6.07, 6.45) is 2.53. The number of carbonyl (C=O) groups is 1. The second-order valence-corrected chi connectivity index (χ2v) is 6.94. The minimum Gasteiger partial charge on any atom is -0.481 e. The Morgan fingerprint density at radius 2 is 2.00 bits per heavy atom. The molecule has 2 aromatic rings. The van der Waals surface area contributed by atoms with Crippen LogP contribution in [0, 0.1) is 5.92 Å². The fourth-order valence-electron chi connectivity index (χ4n) is 2.96. The van der Waals surface area contributed by atoms with E-state index in [2.05, 4.69) is 41.5 Å². The summed E-state index contributed by atoms with van der Waals surface area (Å²) in [6, 6.07) is 8.60. The Hall–Kier alpha value is -1.72. The molecule has 0 aliphatic carbocycles. The Kier molecular flexibility index (Phi) is 5.08. The Morgan fingerprint density at radius 1 is 1.30 bits per heavy atom. The van der Waals surface area contributed by atoms with Gasteiger partial charge in [0.1, 0.15) is 5.01 Å². The van der Waals surface area contributed by atoms with Gasteiger partial charge in [0.2, 0.25) is 0 Å². The maximum Gasteiger partial charge on any atom is 0.306 e. The molecule has 122 valence electrons. The summed E-state index contributed by atoms with van der Waals surface area (Å²) in [6.45, 7) is 4.66. The lowest BCUT2D eigenvalue weighted by atomic mass is 9.97. The van der Waals surface area contributed by atoms with Crippen molar-refractivity contribution in [2.24, 2.45) is 5.92 Å². The van der Waals surface area contributed by atoms with Crippen LogP contribution in [0.1, 0.15) is 31.0 Å². The van der Waals surface area contributed by atoms with E-state index in [4.69, 9.17) is 10.1 Å². The number of piperidine rings is 1. The molecule has 1 aliphatic heterocycles. The minimum atomic E-state index is -0.656. The zero-order valence-corrected chi connectivity index (χ0v) is 14.2. The van der Waals surface area contributed by atoms with Crippen LogP contribution >= 0.6 is 11.3 Å². The Balaban J connectivity index is 1.60. The first-order valence-electron chi connectivity index (χ1n) is 8.14. The van der Waals surface area contributed by atoms with E-state index < -0.39 is 5.97 Å². The molecule has 1 aromatic heterocycles. The molecule has 0 radical (unpaired) electrons. The van der Waals surface area contributed by atoms with E-state index in [1.165, 1.54) is 11.1 Å². The number of likely N-dealkylation sites (tertiary alicyclic amines) is 1. The van der Waals surface area contributed by atoms with Crippen molar-refractivity contribution in [3.8, 4) is 10.6 Å². The number of rotatable bonds is 5. The number of aromatic nitrogens is 1. The number of aryl methyl sites for hydroxylation is 1. The fourth-order valence-corrected chi connectivity index (χ4v) is 3.78. The predicted octanol–water partition coefficient (Wildman–Crippen LogP) is 3.67. The lowest BCUT2D eigenvalue weighted by molar-refractivity contribution is -0.143. The highest BCUT2D eigenvalue weighted by Gasteiger charge is 2.24. The van der Waals surface area contributed by atoms with Crippen molar-refractivity contribution < 1.29 is 9.90 Å². The molecular weight excluding hydrogens is 308 g/mol. The van der Waals surface area contributed by atoms with E-state index >= 15 is 0 Å². The molecular formula is C18H22N2O2S. The molecule has 1 fully saturated rings. The molecule has 0 atom stereocenters. The van der Waals surface area contributed by atoms with Gasteiger partial charge in [0.15, 0.2) is 0 Å². The molecule has 3 rings (SSSR count). The smallest absolute Gasteiger partial charge is 0.306 e. The lowest BCUT2D eigenvalue weighted by Gasteiger charge is -2.29. The van der Waals surface area contributed by atoms with Gasteiger partial charge in [0.05, 0.1) is 11.6 Å². The number of nitrogens with zero attached hydrogens (tertiary/aromatic N) is 2. The average Bonchev–Trinajstić information content (AvgIpc) is 3.04. The molecule has 1 aliphatic rings. The van der Waals surface area contributed by atoms with Crippen LogP contribution < -0.4 is 0 Å². The first-order valence-corrected chi connectivity index (χ1v) is 9.02. The average molecular weight is 330 g/mol. The molecule has 5 heteroatoms. The van der Waals surface area contributed by atoms with Gasteiger partial charge in [0, 0.05) is 17.5 Å². The third-order valence-electron chi connectivity index (χ3n) is 4.48. The van der Waals surface area contributed by atoms with E-state index in [0.29, 0.717) is 0 Å². The van der Waals surface area contributed by atoms with E-state index in [1.807, 2.05) is 0 Å². The number of benzene rings is 1. The summed E-state index contributed by atoms with van der Waals surface area (Å²) in [5.74, 6) is -0.828. The number of carboxylic acid groups (broad SMARTS) is 1. The summed E-state index contributed by atoms with van der Waals surface area (Å²) < 4.78 is 0. The highest BCUT2D eigenvalue weighted by molar-refractivity contribution is 7.13. The minimum absolute atomic E-state index is 0.172. The topological polar surface area (TPSA) is 53.4 Å². The maximum atomic E-state index is 11.0. The molecule has 1 aromatic carbocycles. The van der Waals surface area contributed by atoms with Crippen LogP contribution in [-0.4, -0.2) is 34.0 Å². The molecule has 0 unspecified atom stereocenters. The van der Waals surface area contributed by atoms with E-state index in [1.54, 1.807) is 11.3 Å². The van der Waals surface area contributed by atoms with Gasteiger partial charge in [-0.15, -0.1) is 11.3 Å². The van der Waals surface area contributed by atoms with Crippen LogP contribution in [0.25, 0.3) is 10.6 Å². The normalized spacial score (nSPS) is 16.6. The molecule has 0 amide bonds. The van der Waals surface area contributed by atoms with E-state index in [9.17, 15) is 4.79 Å². The van der Waals surface area contributed by atoms with Crippen molar-refractivity contribution >= 4 is 17.3 Å². The number of carboxylic acids is 1. The largest absolute Gasteiger partial charge is 0.481 e. The Morgan fingerprint density at radius 3 is 2.61 bits per heavy atom. The van der Waals surface area contributed by atoms with Gasteiger partial charge in [-0.3, -0.25) is 9.69 Å². The summed E-state index contributed by atoms with van der Waals surface area (Å²) in [4.78, 5) is 18.0. The van der Waals surface area contributed by atoms with E-state index in [-0.39, 0.29) is 5.92 Å². The van der Waals surface area contributed by atoms with Gasteiger partial charge in [-0.05, 0) is 37.9 Å². The molecule has 0 bridgehead atoms. The van der Waals surface area contributed by atoms with Gasteiger partial charge in [-0.25, -0.2) is 4.98 Å². The van der Waals surface area contributed by atoms with Crippen LogP contribution in [0.15, 0.2) is 29.6 Å². The summed E-state index contributed by atoms with van der Waals surface area (Å²) in [7, 11) is 0. The predicted molar refractivity (Wildman–Crippen MR) is 92.6 cm³/mol. The van der Waals surface area contributed by atoms with E-state index in [0.717, 1.165) is 49.6 Å². The second kappa shape index (κ2) is 7.23. The van der Waals surface area contributed by atoms with Gasteiger partial charge < -0.3 is 5.11 Å². The monoisotopic (exact) mass is 330 g/mol. The number of hydrogen-bond acceptors (Lipinski definition) is 4. The SMILES string of the molecule is CCc1ccc(-c2nc(CN3CCC(C(=O)O)CC3)cs2)cc1. The molecule has 2 heterocycles. The van der Waals surface area contributed by atoms with Crippen molar-refractivity contribution in [2.75, 3.05) is 13.1 Å². The number of hydrogen-bond donors (Lipinski definition) is 1. The van der Waals surface area contributed by atoms with Gasteiger partial charge in [-0.2, -0.15) is 0 Å². The van der Waals surface area contributed by atoms with Crippen LogP contribution in [0.4, 0.5) is 0 Å². The van der Waals surface area contributed by atoms with Crippen molar-refractivity contribution in [1.82, 2.24) is 9.88 Å². The summed E-state index contributed by atoms with van der Waals surface area (Å²) in [5.41, 5.74) is 3.59. The number of aliphatic carboxylic acids is 1. The van der Waals surface area contributed by atoms with Crippen LogP contribution in [0.5, 0.6) is 0 Å². The number of thiazole rings is 1. The fraction of sp³-hybridized carbons (Fsp3) is 0.444. The van der Waals surface area contributed by atoms with Crippen LogP contribution in [0.3, 0.4) is 0 Å². The lowest BCUT2D eigenvalue weighted by Crippen LogP contribution is -2.35. The molecule has 0 spiro atoms. The first kappa shape index (κ1) is 16.1. The highest BCUT2D eigenvalue weighted by atomic mass is 32.1. The molecule has 1 N–H and O–H groups in total. The molecule has 1 saturated heterocycles. The third kappa shape index (κ3) is 3.98. The molecule has 23 heavy (non-hydrogen) atoms. The van der Waals surface area contributed by atoms with Crippen LogP contribution in [0.2, 0.25) is 0 Å². The van der Waals surface area contributed by atoms with Crippen molar-refractivity contribution in [3.05, 3.63) is 40.9 Å². The maximum absolute atomic E-state index is 11.0.